The molecule has 16 aromatic carbocycles. The lowest BCUT2D eigenvalue weighted by Gasteiger charge is -2.29. The SMILES string of the molecule is c1ccc(N2c3ccc(cc3)-c3cc4c(ccc5sc(cc54)-c4ccc(cc4)N(c4cccc5ccccc45)c4cccc(c4)-c4ccc5c(c4)CC(Cc4ccc(cc4)-c4cc6c(ccc7sc(cc76)-c6ccc(cc6)-n6c7ccccc7c7cc(ccc76)-c6ccc2c2ccccc62)s4)c2ccccc2-5)s3)cc1. The maximum absolute atomic E-state index is 2.48. The third kappa shape index (κ3) is 10.5. The molecule has 3 nitrogen and oxygen atoms in total. The molecule has 7 heteroatoms. The van der Waals surface area contributed by atoms with Crippen molar-refractivity contribution in [1.82, 2.24) is 4.57 Å². The van der Waals surface area contributed by atoms with Gasteiger partial charge in [-0.3, -0.25) is 0 Å². The predicted molar refractivity (Wildman–Crippen MR) is 475 cm³/mol. The summed E-state index contributed by atoms with van der Waals surface area (Å²) in [6.45, 7) is 0. The molecule has 1 aliphatic carbocycles. The van der Waals surface area contributed by atoms with E-state index >= 15 is 0 Å². The van der Waals surface area contributed by atoms with E-state index in [2.05, 4.69) is 378 Å². The molecule has 15 aliphatic heterocycles. The van der Waals surface area contributed by atoms with E-state index in [-0.39, 0.29) is 0 Å². The molecule has 0 spiro atoms. The number of rotatable bonds is 2. The van der Waals surface area contributed by atoms with Gasteiger partial charge in [-0.1, -0.05) is 224 Å². The molecule has 20 heterocycles. The zero-order valence-electron chi connectivity index (χ0n) is 59.6. The van der Waals surface area contributed by atoms with Crippen LogP contribution >= 0.6 is 45.3 Å². The molecular formula is C103H65N3S4. The normalized spacial score (nSPS) is 13.4. The Balaban J connectivity index is 0.646. The van der Waals surface area contributed by atoms with Gasteiger partial charge in [-0.25, -0.2) is 0 Å². The minimum absolute atomic E-state index is 0.331. The van der Waals surface area contributed by atoms with Gasteiger partial charge in [0.05, 0.1) is 22.4 Å². The molecule has 5 aromatic heterocycles. The Kier molecular flexibility index (Phi) is 14.7. The highest BCUT2D eigenvalue weighted by atomic mass is 32.1. The van der Waals surface area contributed by atoms with Gasteiger partial charge < -0.3 is 14.4 Å². The molecule has 516 valence electrons. The van der Waals surface area contributed by atoms with E-state index < -0.39 is 0 Å². The molecule has 0 saturated heterocycles. The van der Waals surface area contributed by atoms with Gasteiger partial charge in [0.2, 0.25) is 0 Å². The van der Waals surface area contributed by atoms with Gasteiger partial charge in [-0.2, -0.15) is 0 Å². The summed E-state index contributed by atoms with van der Waals surface area (Å²) in [6, 6.07) is 138. The molecule has 0 amide bonds. The lowest BCUT2D eigenvalue weighted by atomic mass is 9.75. The monoisotopic (exact) mass is 1470 g/mol. The number of anilines is 6. The molecule has 0 saturated carbocycles. The summed E-state index contributed by atoms with van der Waals surface area (Å²) in [7, 11) is 0. The topological polar surface area (TPSA) is 11.4 Å². The summed E-state index contributed by atoms with van der Waals surface area (Å²) in [6.07, 6.45) is 1.93. The van der Waals surface area contributed by atoms with Gasteiger partial charge in [0, 0.05) is 110 Å². The van der Waals surface area contributed by atoms with Crippen LogP contribution in [0.25, 0.3) is 165 Å². The summed E-state index contributed by atoms with van der Waals surface area (Å²) >= 11 is 7.52. The first-order chi connectivity index (χ1) is 54.4. The van der Waals surface area contributed by atoms with Gasteiger partial charge in [-0.15, -0.1) is 45.3 Å². The molecule has 0 radical (unpaired) electrons. The number of nitrogens with zero attached hydrogens (tertiary/aromatic N) is 3. The summed E-state index contributed by atoms with van der Waals surface area (Å²) < 4.78 is 7.64. The van der Waals surface area contributed by atoms with Gasteiger partial charge in [-0.05, 0) is 241 Å². The van der Waals surface area contributed by atoms with Crippen LogP contribution < -0.4 is 9.80 Å². The molecule has 110 heavy (non-hydrogen) atoms. The number of hydrogen-bond acceptors (Lipinski definition) is 6. The predicted octanol–water partition coefficient (Wildman–Crippen LogP) is 30.8. The molecule has 0 N–H and O–H groups in total. The van der Waals surface area contributed by atoms with Crippen LogP contribution in [0.2, 0.25) is 0 Å². The Labute approximate surface area is 652 Å². The van der Waals surface area contributed by atoms with E-state index in [0.717, 1.165) is 52.7 Å². The summed E-state index contributed by atoms with van der Waals surface area (Å²) in [5.41, 5.74) is 26.8. The molecule has 21 aromatic rings. The number of hydrogen-bond donors (Lipinski definition) is 0. The van der Waals surface area contributed by atoms with Gasteiger partial charge >= 0.3 is 0 Å². The van der Waals surface area contributed by atoms with Crippen molar-refractivity contribution in [2.45, 2.75) is 18.8 Å². The first-order valence-corrected chi connectivity index (χ1v) is 41.1. The highest BCUT2D eigenvalue weighted by Gasteiger charge is 2.28. The van der Waals surface area contributed by atoms with E-state index in [4.69, 9.17) is 0 Å². The molecule has 27 bridgehead atoms. The molecule has 16 aliphatic rings. The Morgan fingerprint density at radius 3 is 1.35 bits per heavy atom. The Morgan fingerprint density at radius 1 is 0.236 bits per heavy atom. The zero-order valence-corrected chi connectivity index (χ0v) is 62.9. The van der Waals surface area contributed by atoms with Crippen LogP contribution in [0.1, 0.15) is 22.6 Å². The van der Waals surface area contributed by atoms with Crippen molar-refractivity contribution in [3.05, 3.63) is 381 Å². The first kappa shape index (κ1) is 63.4. The van der Waals surface area contributed by atoms with Crippen molar-refractivity contribution in [2.75, 3.05) is 9.80 Å². The molecule has 37 rings (SSSR count). The third-order valence-corrected chi connectivity index (χ3v) is 27.8. The maximum Gasteiger partial charge on any atom is 0.0541 e. The number of fused-ring (bicyclic) bond motifs is 4. The van der Waals surface area contributed by atoms with Gasteiger partial charge in [0.1, 0.15) is 0 Å². The van der Waals surface area contributed by atoms with Crippen LogP contribution in [0, 0.1) is 0 Å². The lowest BCUT2D eigenvalue weighted by Crippen LogP contribution is -2.14. The number of aromatic nitrogens is 1. The average Bonchev–Trinajstić information content (AvgIpc) is 1.45. The number of para-hydroxylation sites is 2. The fourth-order valence-electron chi connectivity index (χ4n) is 17.9. The fourth-order valence-corrected chi connectivity index (χ4v) is 22.2. The van der Waals surface area contributed by atoms with Crippen LogP contribution in [0.3, 0.4) is 0 Å². The zero-order chi connectivity index (χ0) is 72.1. The van der Waals surface area contributed by atoms with Crippen LogP contribution in [0.5, 0.6) is 0 Å². The van der Waals surface area contributed by atoms with Crippen molar-refractivity contribution in [2.24, 2.45) is 0 Å². The Hall–Kier alpha value is -12.7. The van der Waals surface area contributed by atoms with Gasteiger partial charge in [0.25, 0.3) is 0 Å². The quantitative estimate of drug-likeness (QED) is 0.171. The van der Waals surface area contributed by atoms with E-state index in [1.165, 1.54) is 176 Å². The van der Waals surface area contributed by atoms with E-state index in [9.17, 15) is 0 Å². The van der Waals surface area contributed by atoms with Crippen molar-refractivity contribution in [1.29, 1.82) is 0 Å². The smallest absolute Gasteiger partial charge is 0.0541 e. The lowest BCUT2D eigenvalue weighted by molar-refractivity contribution is 0.673. The van der Waals surface area contributed by atoms with Crippen molar-refractivity contribution >= 4 is 163 Å². The van der Waals surface area contributed by atoms with Crippen molar-refractivity contribution in [3.8, 4) is 80.8 Å². The number of benzene rings is 16. The minimum atomic E-state index is 0.331. The van der Waals surface area contributed by atoms with Crippen LogP contribution in [-0.2, 0) is 12.8 Å². The second-order valence-electron chi connectivity index (χ2n) is 29.4. The van der Waals surface area contributed by atoms with Crippen molar-refractivity contribution in [3.63, 3.8) is 0 Å². The molecule has 0 fully saturated rings. The van der Waals surface area contributed by atoms with E-state index in [1.807, 2.05) is 45.3 Å². The maximum atomic E-state index is 2.48. The highest BCUT2D eigenvalue weighted by molar-refractivity contribution is 7.25. The van der Waals surface area contributed by atoms with E-state index in [0.29, 0.717) is 5.92 Å². The first-order valence-electron chi connectivity index (χ1n) is 37.8. The second-order valence-corrected chi connectivity index (χ2v) is 33.8. The fraction of sp³-hybridized carbons (Fsp3) is 0.0291. The van der Waals surface area contributed by atoms with E-state index in [1.54, 1.807) is 0 Å². The third-order valence-electron chi connectivity index (χ3n) is 23.2. The summed E-state index contributed by atoms with van der Waals surface area (Å²) in [4.78, 5) is 9.96. The minimum Gasteiger partial charge on any atom is -0.310 e. The van der Waals surface area contributed by atoms with Crippen LogP contribution in [-0.4, -0.2) is 4.57 Å². The molecule has 1 atom stereocenters. The van der Waals surface area contributed by atoms with Crippen LogP contribution in [0.4, 0.5) is 34.1 Å². The Morgan fingerprint density at radius 2 is 0.700 bits per heavy atom. The van der Waals surface area contributed by atoms with Crippen molar-refractivity contribution < 1.29 is 0 Å². The van der Waals surface area contributed by atoms with Gasteiger partial charge in [0.15, 0.2) is 0 Å². The second kappa shape index (κ2) is 25.5. The summed E-state index contributed by atoms with van der Waals surface area (Å²) in [5.74, 6) is 0.331. The number of thiophene rings is 4. The summed E-state index contributed by atoms with van der Waals surface area (Å²) in [5, 5.41) is 12.5. The molecular weight excluding hydrogens is 1410 g/mol. The molecule has 1 unspecified atom stereocenters. The largest absolute Gasteiger partial charge is 0.310 e. The average molecular weight is 1470 g/mol. The standard InChI is InChI=1S/C103H65N3S4/c1-2-17-74(18-3-1)104-75-40-32-66(33-41-75)101-60-90-91-61-102(109-99(91)53-52-98(90)108-101)67-34-42-76(43-35-67)105(92-27-13-15-64-14-4-5-21-82(64)92)78-19-12-16-69(57-78)70-38-46-81-73(55-70)56-72(79-20-6-7-22-83(79)81)54-63-28-30-65(31-29-63)100-59-88-89-62-103(110-97(89)51-50-96(88)107-100)68-36-44-77(45-37-68)106-93-26-11-10-25-86(93)87-58-71(39-48-95(87)106)80-47-49-94(104)85-24-9-8-23-84(80)85/h1-53,55,57-62,72H,54,56H2. The Bertz CT molecular complexity index is 7270. The van der Waals surface area contributed by atoms with Crippen LogP contribution in [0.15, 0.2) is 364 Å². The highest BCUT2D eigenvalue weighted by Crippen LogP contribution is 2.51.